The fourth-order valence-corrected chi connectivity index (χ4v) is 4.70. The third-order valence-corrected chi connectivity index (χ3v) is 6.69. The second kappa shape index (κ2) is 11.6. The van der Waals surface area contributed by atoms with Gasteiger partial charge in [-0.05, 0) is 42.5 Å². The molecule has 0 aromatic heterocycles. The number of benzene rings is 2. The summed E-state index contributed by atoms with van der Waals surface area (Å²) in [6, 6.07) is 13.7. The van der Waals surface area contributed by atoms with Crippen molar-refractivity contribution < 1.29 is 14.3 Å². The molecule has 0 saturated heterocycles. The van der Waals surface area contributed by atoms with E-state index in [4.69, 9.17) is 27.9 Å². The van der Waals surface area contributed by atoms with Gasteiger partial charge in [-0.2, -0.15) is 0 Å². The van der Waals surface area contributed by atoms with Crippen molar-refractivity contribution in [3.8, 4) is 5.75 Å². The quantitative estimate of drug-likeness (QED) is 0.522. The van der Waals surface area contributed by atoms with Crippen LogP contribution in [0.2, 0.25) is 5.02 Å². The molecule has 32 heavy (non-hydrogen) atoms. The lowest BCUT2D eigenvalue weighted by atomic mass is 9.85. The van der Waals surface area contributed by atoms with Gasteiger partial charge in [0.1, 0.15) is 17.7 Å². The zero-order chi connectivity index (χ0) is 23.1. The Labute approximate surface area is 200 Å². The van der Waals surface area contributed by atoms with Crippen LogP contribution in [0, 0.1) is 5.92 Å². The van der Waals surface area contributed by atoms with Crippen molar-refractivity contribution in [2.45, 2.75) is 51.2 Å². The number of alkyl halides is 1. The molecule has 5 nitrogen and oxygen atoms in total. The molecule has 2 aromatic carbocycles. The lowest BCUT2D eigenvalue weighted by Gasteiger charge is -2.35. The molecular weight excluding hydrogens is 447 g/mol. The molecular formula is C25H30Cl2N2O3. The number of nitrogens with one attached hydrogen (secondary N) is 1. The fourth-order valence-electron chi connectivity index (χ4n) is 4.31. The predicted octanol–water partition coefficient (Wildman–Crippen LogP) is 5.35. The third kappa shape index (κ3) is 5.96. The number of carbonyl (C=O) groups is 2. The molecule has 0 aliphatic heterocycles. The highest BCUT2D eigenvalue weighted by molar-refractivity contribution is 6.31. The maximum Gasteiger partial charge on any atom is 0.247 e. The van der Waals surface area contributed by atoms with Crippen molar-refractivity contribution in [3.05, 3.63) is 64.7 Å². The van der Waals surface area contributed by atoms with Crippen molar-refractivity contribution in [3.63, 3.8) is 0 Å². The van der Waals surface area contributed by atoms with Gasteiger partial charge in [-0.25, -0.2) is 0 Å². The highest BCUT2D eigenvalue weighted by atomic mass is 35.5. The third-order valence-electron chi connectivity index (χ3n) is 6.12. The number of nitrogens with zero attached hydrogens (tertiary/aromatic N) is 1. The molecule has 1 saturated carbocycles. The molecule has 2 amide bonds. The second-order valence-electron chi connectivity index (χ2n) is 8.31. The molecule has 1 aliphatic carbocycles. The van der Waals surface area contributed by atoms with Crippen LogP contribution in [0.1, 0.15) is 49.8 Å². The van der Waals surface area contributed by atoms with E-state index < -0.39 is 6.04 Å². The highest BCUT2D eigenvalue weighted by Crippen LogP contribution is 2.31. The monoisotopic (exact) mass is 476 g/mol. The van der Waals surface area contributed by atoms with E-state index in [1.54, 1.807) is 25.3 Å². The van der Waals surface area contributed by atoms with Crippen LogP contribution in [0.5, 0.6) is 5.75 Å². The van der Waals surface area contributed by atoms with Gasteiger partial charge in [-0.3, -0.25) is 9.59 Å². The molecule has 0 unspecified atom stereocenters. The number of hydrogen-bond acceptors (Lipinski definition) is 3. The fraction of sp³-hybridized carbons (Fsp3) is 0.440. The van der Waals surface area contributed by atoms with E-state index in [1.807, 2.05) is 30.3 Å². The van der Waals surface area contributed by atoms with Gasteiger partial charge >= 0.3 is 0 Å². The van der Waals surface area contributed by atoms with Gasteiger partial charge in [0.2, 0.25) is 11.8 Å². The van der Waals surface area contributed by atoms with Crippen molar-refractivity contribution in [1.82, 2.24) is 10.2 Å². The zero-order valence-electron chi connectivity index (χ0n) is 18.5. The molecule has 3 atom stereocenters. The Bertz CT molecular complexity index is 937. The zero-order valence-corrected chi connectivity index (χ0v) is 20.0. The summed E-state index contributed by atoms with van der Waals surface area (Å²) in [5.41, 5.74) is 1.41. The van der Waals surface area contributed by atoms with E-state index in [0.717, 1.165) is 24.8 Å². The first-order valence-corrected chi connectivity index (χ1v) is 11.9. The summed E-state index contributed by atoms with van der Waals surface area (Å²) in [5.74, 6) is 0.244. The van der Waals surface area contributed by atoms with Crippen LogP contribution in [-0.4, -0.2) is 35.7 Å². The van der Waals surface area contributed by atoms with E-state index in [-0.39, 0.29) is 30.3 Å². The van der Waals surface area contributed by atoms with Crippen LogP contribution in [-0.2, 0) is 16.1 Å². The second-order valence-corrected chi connectivity index (χ2v) is 8.98. The molecule has 0 spiro atoms. The lowest BCUT2D eigenvalue weighted by Crippen LogP contribution is -2.49. The standard InChI is InChI=1S/C25H30Cl2N2O3/c1-17-8-3-6-13-22(17)28-25(31)24(20-11-4-5-12-21(20)27)29(23(30)15-26)16-18-9-7-10-19(14-18)32-2/h4-5,7,9-12,14,17,22,24H,3,6,8,13,15-16H2,1-2H3,(H,28,31)/t17-,22+,24+/m1/s1. The Balaban J connectivity index is 1.98. The van der Waals surface area contributed by atoms with Crippen molar-refractivity contribution in [1.29, 1.82) is 0 Å². The van der Waals surface area contributed by atoms with E-state index >= 15 is 0 Å². The minimum atomic E-state index is -0.893. The molecule has 2 aromatic rings. The molecule has 1 aliphatic rings. The summed E-state index contributed by atoms with van der Waals surface area (Å²) >= 11 is 12.5. The number of carbonyl (C=O) groups excluding carboxylic acids is 2. The van der Waals surface area contributed by atoms with Crippen LogP contribution < -0.4 is 10.1 Å². The first kappa shape index (κ1) is 24.4. The molecule has 1 N–H and O–H groups in total. The summed E-state index contributed by atoms with van der Waals surface area (Å²) in [4.78, 5) is 28.2. The Kier molecular flexibility index (Phi) is 8.83. The topological polar surface area (TPSA) is 58.6 Å². The number of halogens is 2. The van der Waals surface area contributed by atoms with Crippen molar-refractivity contribution >= 4 is 35.0 Å². The molecule has 0 bridgehead atoms. The van der Waals surface area contributed by atoms with Crippen LogP contribution in [0.25, 0.3) is 0 Å². The molecule has 3 rings (SSSR count). The van der Waals surface area contributed by atoms with Gasteiger partial charge in [0.05, 0.1) is 7.11 Å². The molecule has 172 valence electrons. The Hall–Kier alpha value is -2.24. The number of amides is 2. The first-order valence-electron chi connectivity index (χ1n) is 11.0. The first-order chi connectivity index (χ1) is 15.4. The van der Waals surface area contributed by atoms with Gasteiger partial charge in [0.15, 0.2) is 0 Å². The van der Waals surface area contributed by atoms with Crippen molar-refractivity contribution in [2.75, 3.05) is 13.0 Å². The number of ether oxygens (including phenoxy) is 1. The Morgan fingerprint density at radius 2 is 1.91 bits per heavy atom. The maximum atomic E-state index is 13.7. The molecule has 0 heterocycles. The number of hydrogen-bond donors (Lipinski definition) is 1. The SMILES string of the molecule is COc1cccc(CN(C(=O)CCl)[C@H](C(=O)N[C@H]2CCCC[C@H]2C)c2ccccc2Cl)c1. The Morgan fingerprint density at radius 1 is 1.16 bits per heavy atom. The van der Waals surface area contributed by atoms with Crippen LogP contribution in [0.3, 0.4) is 0 Å². The lowest BCUT2D eigenvalue weighted by molar-refractivity contribution is -0.140. The number of methoxy groups -OCH3 is 1. The summed E-state index contributed by atoms with van der Waals surface area (Å²) < 4.78 is 5.32. The predicted molar refractivity (Wildman–Crippen MR) is 128 cm³/mol. The largest absolute Gasteiger partial charge is 0.497 e. The molecule has 7 heteroatoms. The minimum absolute atomic E-state index is 0.0750. The normalized spacial score (nSPS) is 19.1. The van der Waals surface area contributed by atoms with Crippen LogP contribution >= 0.6 is 23.2 Å². The van der Waals surface area contributed by atoms with E-state index in [0.29, 0.717) is 22.3 Å². The average molecular weight is 477 g/mol. The van der Waals surface area contributed by atoms with E-state index in [9.17, 15) is 9.59 Å². The van der Waals surface area contributed by atoms with Crippen LogP contribution in [0.15, 0.2) is 48.5 Å². The average Bonchev–Trinajstić information content (AvgIpc) is 2.81. The van der Waals surface area contributed by atoms with E-state index in [2.05, 4.69) is 12.2 Å². The summed E-state index contributed by atoms with van der Waals surface area (Å²) in [5, 5.41) is 3.64. The Morgan fingerprint density at radius 3 is 2.59 bits per heavy atom. The minimum Gasteiger partial charge on any atom is -0.497 e. The van der Waals surface area contributed by atoms with E-state index in [1.165, 1.54) is 11.3 Å². The number of rotatable bonds is 8. The van der Waals surface area contributed by atoms with Gasteiger partial charge < -0.3 is 15.0 Å². The summed E-state index contributed by atoms with van der Waals surface area (Å²) in [6.07, 6.45) is 4.27. The van der Waals surface area contributed by atoms with Gasteiger partial charge in [-0.15, -0.1) is 11.6 Å². The van der Waals surface area contributed by atoms with Gasteiger partial charge in [0, 0.05) is 23.2 Å². The molecule has 1 fully saturated rings. The van der Waals surface area contributed by atoms with Gasteiger partial charge in [0.25, 0.3) is 0 Å². The van der Waals surface area contributed by atoms with Gasteiger partial charge in [-0.1, -0.05) is 61.7 Å². The summed E-state index contributed by atoms with van der Waals surface area (Å²) in [7, 11) is 1.59. The summed E-state index contributed by atoms with van der Waals surface area (Å²) in [6.45, 7) is 2.36. The van der Waals surface area contributed by atoms with Crippen LogP contribution in [0.4, 0.5) is 0 Å². The smallest absolute Gasteiger partial charge is 0.247 e. The maximum absolute atomic E-state index is 13.7. The highest BCUT2D eigenvalue weighted by Gasteiger charge is 2.35. The molecule has 0 radical (unpaired) electrons. The van der Waals surface area contributed by atoms with Crippen molar-refractivity contribution in [2.24, 2.45) is 5.92 Å².